The van der Waals surface area contributed by atoms with Crippen LogP contribution in [0, 0.1) is 11.3 Å². The first kappa shape index (κ1) is 19.6. The number of benzene rings is 2. The lowest BCUT2D eigenvalue weighted by molar-refractivity contribution is 0.348. The van der Waals surface area contributed by atoms with Gasteiger partial charge in [-0.25, -0.2) is 8.42 Å². The van der Waals surface area contributed by atoms with Crippen molar-refractivity contribution in [1.82, 2.24) is 0 Å². The second-order valence-electron chi connectivity index (χ2n) is 5.03. The summed E-state index contributed by atoms with van der Waals surface area (Å²) in [6.07, 6.45) is 1.23. The molecule has 0 fully saturated rings. The molecule has 0 N–H and O–H groups in total. The van der Waals surface area contributed by atoms with E-state index in [2.05, 4.69) is 0 Å². The Labute approximate surface area is 157 Å². The summed E-state index contributed by atoms with van der Waals surface area (Å²) < 4.78 is 41.1. The number of nitrogens with zero attached hydrogens (tertiary/aromatic N) is 1. The van der Waals surface area contributed by atoms with Gasteiger partial charge in [-0.1, -0.05) is 11.6 Å². The van der Waals surface area contributed by atoms with Crippen molar-refractivity contribution in [3.63, 3.8) is 0 Å². The van der Waals surface area contributed by atoms with E-state index in [0.29, 0.717) is 27.8 Å². The minimum absolute atomic E-state index is 0.0332. The number of halogens is 1. The fourth-order valence-corrected chi connectivity index (χ4v) is 3.49. The van der Waals surface area contributed by atoms with E-state index in [9.17, 15) is 13.7 Å². The van der Waals surface area contributed by atoms with Gasteiger partial charge in [-0.2, -0.15) is 5.26 Å². The topological polar surface area (TPSA) is 85.6 Å². The zero-order chi connectivity index (χ0) is 19.3. The summed E-state index contributed by atoms with van der Waals surface area (Å²) in [7, 11) is 0.339. The van der Waals surface area contributed by atoms with Gasteiger partial charge in [-0.05, 0) is 36.4 Å². The van der Waals surface area contributed by atoms with Crippen molar-refractivity contribution in [3.05, 3.63) is 51.9 Å². The van der Waals surface area contributed by atoms with E-state index in [0.717, 1.165) is 0 Å². The van der Waals surface area contributed by atoms with Crippen LogP contribution in [0.3, 0.4) is 0 Å². The van der Waals surface area contributed by atoms with Gasteiger partial charge >= 0.3 is 0 Å². The Kier molecular flexibility index (Phi) is 6.14. The van der Waals surface area contributed by atoms with E-state index in [-0.39, 0.29) is 4.90 Å². The second kappa shape index (κ2) is 8.13. The Morgan fingerprint density at radius 2 is 1.54 bits per heavy atom. The molecular weight excluding hydrogens is 378 g/mol. The number of ether oxygens (including phenoxy) is 3. The fourth-order valence-electron chi connectivity index (χ4n) is 2.22. The highest BCUT2D eigenvalue weighted by molar-refractivity contribution is 7.95. The lowest BCUT2D eigenvalue weighted by Gasteiger charge is -2.12. The van der Waals surface area contributed by atoms with Crippen LogP contribution in [0.15, 0.2) is 46.2 Å². The van der Waals surface area contributed by atoms with Gasteiger partial charge in [0.25, 0.3) is 0 Å². The molecule has 0 spiro atoms. The van der Waals surface area contributed by atoms with Crippen LogP contribution in [0.1, 0.15) is 5.56 Å². The lowest BCUT2D eigenvalue weighted by Crippen LogP contribution is -2.04. The first-order valence-corrected chi connectivity index (χ1v) is 9.16. The molecule has 0 aliphatic rings. The third-order valence-electron chi connectivity index (χ3n) is 3.55. The molecule has 0 bridgehead atoms. The molecule has 0 saturated heterocycles. The Morgan fingerprint density at radius 3 is 2.04 bits per heavy atom. The number of nitriles is 1. The molecule has 0 aliphatic heterocycles. The number of hydrogen-bond acceptors (Lipinski definition) is 6. The number of rotatable bonds is 6. The van der Waals surface area contributed by atoms with Crippen LogP contribution in [0.5, 0.6) is 17.2 Å². The average Bonchev–Trinajstić information content (AvgIpc) is 2.65. The Morgan fingerprint density at radius 1 is 1.00 bits per heavy atom. The third kappa shape index (κ3) is 3.93. The average molecular weight is 394 g/mol. The summed E-state index contributed by atoms with van der Waals surface area (Å²) in [5.41, 5.74) is 0.360. The zero-order valence-corrected chi connectivity index (χ0v) is 15.9. The molecule has 0 atom stereocenters. The molecule has 0 radical (unpaired) electrons. The van der Waals surface area contributed by atoms with Gasteiger partial charge in [0.05, 0.1) is 26.2 Å². The van der Waals surface area contributed by atoms with Gasteiger partial charge in [0, 0.05) is 16.7 Å². The highest BCUT2D eigenvalue weighted by Gasteiger charge is 2.22. The van der Waals surface area contributed by atoms with Gasteiger partial charge in [-0.3, -0.25) is 0 Å². The first-order valence-electron chi connectivity index (χ1n) is 7.29. The molecule has 2 aromatic carbocycles. The number of methoxy groups -OCH3 is 3. The summed E-state index contributed by atoms with van der Waals surface area (Å²) in [5, 5.41) is 9.81. The van der Waals surface area contributed by atoms with E-state index < -0.39 is 14.7 Å². The van der Waals surface area contributed by atoms with Crippen molar-refractivity contribution < 1.29 is 22.6 Å². The van der Waals surface area contributed by atoms with Gasteiger partial charge in [0.1, 0.15) is 16.7 Å². The van der Waals surface area contributed by atoms with Gasteiger partial charge in [-0.15, -0.1) is 0 Å². The molecule has 6 nitrogen and oxygen atoms in total. The van der Waals surface area contributed by atoms with Crippen LogP contribution in [-0.2, 0) is 9.84 Å². The Bertz CT molecular complexity index is 976. The van der Waals surface area contributed by atoms with Crippen LogP contribution in [0.4, 0.5) is 0 Å². The molecule has 136 valence electrons. The quantitative estimate of drug-likeness (QED) is 0.695. The number of sulfone groups is 1. The van der Waals surface area contributed by atoms with Crippen molar-refractivity contribution >= 4 is 27.5 Å². The maximum absolute atomic E-state index is 12.7. The monoisotopic (exact) mass is 393 g/mol. The smallest absolute Gasteiger partial charge is 0.216 e. The number of hydrogen-bond donors (Lipinski definition) is 0. The van der Waals surface area contributed by atoms with Crippen molar-refractivity contribution in [2.45, 2.75) is 4.90 Å². The SMILES string of the molecule is COc1cc(OC)c(OC)cc1C=C(C#N)S(=O)(=O)c1ccc(Cl)cc1. The van der Waals surface area contributed by atoms with Crippen LogP contribution in [0.25, 0.3) is 6.08 Å². The largest absolute Gasteiger partial charge is 0.496 e. The summed E-state index contributed by atoms with van der Waals surface area (Å²) in [5.74, 6) is 1.13. The molecule has 0 unspecified atom stereocenters. The Balaban J connectivity index is 2.62. The van der Waals surface area contributed by atoms with Crippen molar-refractivity contribution in [2.24, 2.45) is 0 Å². The first-order chi connectivity index (χ1) is 12.4. The van der Waals surface area contributed by atoms with Gasteiger partial charge in [0.2, 0.25) is 9.84 Å². The highest BCUT2D eigenvalue weighted by atomic mass is 35.5. The molecule has 0 aromatic heterocycles. The standard InChI is InChI=1S/C18H16ClNO5S/c1-23-16-10-18(25-3)17(24-2)9-12(16)8-15(11-20)26(21,22)14-6-4-13(19)5-7-14/h4-10H,1-3H3. The maximum atomic E-state index is 12.7. The van der Waals surface area contributed by atoms with Crippen molar-refractivity contribution in [2.75, 3.05) is 21.3 Å². The van der Waals surface area contributed by atoms with Gasteiger partial charge in [0.15, 0.2) is 11.5 Å². The molecule has 0 saturated carbocycles. The van der Waals surface area contributed by atoms with Crippen molar-refractivity contribution in [1.29, 1.82) is 5.26 Å². The lowest BCUT2D eigenvalue weighted by atomic mass is 10.1. The second-order valence-corrected chi connectivity index (χ2v) is 7.38. The minimum Gasteiger partial charge on any atom is -0.496 e. The molecule has 2 rings (SSSR count). The van der Waals surface area contributed by atoms with E-state index in [1.165, 1.54) is 57.7 Å². The highest BCUT2D eigenvalue weighted by Crippen LogP contribution is 2.36. The molecule has 8 heteroatoms. The summed E-state index contributed by atoms with van der Waals surface area (Å²) in [6, 6.07) is 10.4. The van der Waals surface area contributed by atoms with E-state index in [1.54, 1.807) is 12.1 Å². The Hall–Kier alpha value is -2.69. The normalized spacial score (nSPS) is 11.6. The van der Waals surface area contributed by atoms with Crippen molar-refractivity contribution in [3.8, 4) is 23.3 Å². The summed E-state index contributed by atoms with van der Waals surface area (Å²) >= 11 is 5.79. The van der Waals surface area contributed by atoms with Crippen LogP contribution in [0.2, 0.25) is 5.02 Å². The third-order valence-corrected chi connectivity index (χ3v) is 5.48. The molecule has 0 aliphatic carbocycles. The summed E-state index contributed by atoms with van der Waals surface area (Å²) in [6.45, 7) is 0. The zero-order valence-electron chi connectivity index (χ0n) is 14.3. The predicted octanol–water partition coefficient (Wildman–Crippen LogP) is 3.70. The van der Waals surface area contributed by atoms with E-state index in [1.807, 2.05) is 0 Å². The molecular formula is C18H16ClNO5S. The molecule has 0 heterocycles. The van der Waals surface area contributed by atoms with Crippen LogP contribution in [-0.4, -0.2) is 29.7 Å². The molecule has 0 amide bonds. The maximum Gasteiger partial charge on any atom is 0.216 e. The number of allylic oxidation sites excluding steroid dienone is 1. The minimum atomic E-state index is -4.01. The summed E-state index contributed by atoms with van der Waals surface area (Å²) in [4.78, 5) is -0.473. The fraction of sp³-hybridized carbons (Fsp3) is 0.167. The molecule has 26 heavy (non-hydrogen) atoms. The van der Waals surface area contributed by atoms with E-state index >= 15 is 0 Å². The van der Waals surface area contributed by atoms with Crippen LogP contribution < -0.4 is 14.2 Å². The van der Waals surface area contributed by atoms with Gasteiger partial charge < -0.3 is 14.2 Å². The van der Waals surface area contributed by atoms with E-state index in [4.69, 9.17) is 25.8 Å². The predicted molar refractivity (Wildman–Crippen MR) is 98.3 cm³/mol. The van der Waals surface area contributed by atoms with Crippen LogP contribution >= 0.6 is 11.6 Å². The molecule has 2 aromatic rings.